The summed E-state index contributed by atoms with van der Waals surface area (Å²) in [6, 6.07) is 10.6. The van der Waals surface area contributed by atoms with Crippen LogP contribution in [0.25, 0.3) is 11.5 Å². The molecule has 0 aliphatic rings. The van der Waals surface area contributed by atoms with E-state index in [9.17, 15) is 0 Å². The summed E-state index contributed by atoms with van der Waals surface area (Å²) in [5.74, 6) is 2.09. The van der Waals surface area contributed by atoms with Gasteiger partial charge in [-0.25, -0.2) is 4.68 Å². The number of nitrogens with two attached hydrogens (primary N) is 1. The van der Waals surface area contributed by atoms with Crippen LogP contribution in [0.3, 0.4) is 0 Å². The van der Waals surface area contributed by atoms with Crippen molar-refractivity contribution in [2.24, 2.45) is 0 Å². The van der Waals surface area contributed by atoms with Gasteiger partial charge in [0.05, 0.1) is 6.20 Å². The van der Waals surface area contributed by atoms with E-state index in [0.29, 0.717) is 6.04 Å². The quantitative estimate of drug-likeness (QED) is 0.570. The number of hydrogen-bond donors (Lipinski definition) is 1. The van der Waals surface area contributed by atoms with Crippen molar-refractivity contribution in [1.82, 2.24) is 28.9 Å². The van der Waals surface area contributed by atoms with E-state index in [1.165, 1.54) is 17.0 Å². The van der Waals surface area contributed by atoms with Crippen molar-refractivity contribution in [3.63, 3.8) is 0 Å². The Morgan fingerprint density at radius 1 is 1.07 bits per heavy atom. The molecule has 27 heavy (non-hydrogen) atoms. The number of hydrogen-bond acceptors (Lipinski definition) is 3. The van der Waals surface area contributed by atoms with Crippen molar-refractivity contribution in [3.05, 3.63) is 65.5 Å². The molecular weight excluding hydrogens is 338 g/mol. The first-order chi connectivity index (χ1) is 13.1. The molecule has 2 N–H and O–H groups in total. The second-order valence-electron chi connectivity index (χ2n) is 7.20. The normalized spacial score (nSPS) is 11.7. The highest BCUT2D eigenvalue weighted by Crippen LogP contribution is 2.22. The average Bonchev–Trinajstić information content (AvgIpc) is 3.34. The van der Waals surface area contributed by atoms with Crippen LogP contribution in [-0.4, -0.2) is 28.9 Å². The van der Waals surface area contributed by atoms with E-state index in [2.05, 4.69) is 69.7 Å². The number of aryl methyl sites for hydroxylation is 1. The Morgan fingerprint density at radius 3 is 2.74 bits per heavy atom. The Balaban J connectivity index is 1.53. The fourth-order valence-electron chi connectivity index (χ4n) is 3.66. The highest BCUT2D eigenvalue weighted by Gasteiger charge is 2.16. The van der Waals surface area contributed by atoms with Gasteiger partial charge in [-0.1, -0.05) is 6.07 Å². The molecule has 0 amide bonds. The standard InChI is InChI=1S/C20H25N7/c1-14(2)27-20(8-9-22-27)26-15(3)11-17(16(26)4)12-21-13-19-24-23-18-7-5-6-10-25(18)19/h5-11,14,21H,12-13H2,1-4H3/p+1. The lowest BCUT2D eigenvalue weighted by Crippen LogP contribution is -2.81. The number of aromatic nitrogens is 6. The lowest BCUT2D eigenvalue weighted by Gasteiger charge is -2.15. The molecule has 7 heteroatoms. The molecule has 140 valence electrons. The van der Waals surface area contributed by atoms with Crippen molar-refractivity contribution in [1.29, 1.82) is 0 Å². The zero-order valence-electron chi connectivity index (χ0n) is 16.3. The topological polar surface area (TPSA) is 69.6 Å². The largest absolute Gasteiger partial charge is 0.336 e. The van der Waals surface area contributed by atoms with Gasteiger partial charge >= 0.3 is 0 Å². The highest BCUT2D eigenvalue weighted by atomic mass is 15.3. The molecule has 0 fully saturated rings. The number of quaternary nitrogens is 1. The minimum atomic E-state index is 0.326. The summed E-state index contributed by atoms with van der Waals surface area (Å²) < 4.78 is 6.40. The molecule has 4 aromatic rings. The maximum absolute atomic E-state index is 4.48. The van der Waals surface area contributed by atoms with Crippen molar-refractivity contribution in [2.45, 2.75) is 46.8 Å². The molecule has 0 aromatic carbocycles. The Labute approximate surface area is 158 Å². The summed E-state index contributed by atoms with van der Waals surface area (Å²) in [5.41, 5.74) is 4.71. The minimum absolute atomic E-state index is 0.326. The van der Waals surface area contributed by atoms with Crippen LogP contribution in [0.4, 0.5) is 0 Å². The fraction of sp³-hybridized carbons (Fsp3) is 0.350. The zero-order chi connectivity index (χ0) is 19.0. The third-order valence-corrected chi connectivity index (χ3v) is 4.98. The third kappa shape index (κ3) is 3.14. The lowest BCUT2D eigenvalue weighted by molar-refractivity contribution is -0.687. The van der Waals surface area contributed by atoms with Gasteiger partial charge in [0, 0.05) is 35.3 Å². The molecular formula is C20H26N7+. The first-order valence-electron chi connectivity index (χ1n) is 9.38. The van der Waals surface area contributed by atoms with Gasteiger partial charge in [-0.15, -0.1) is 10.2 Å². The Morgan fingerprint density at radius 2 is 1.93 bits per heavy atom. The SMILES string of the molecule is Cc1cc(C[NH2+]Cc2nnc3ccccn23)c(C)n1-c1ccnn1C(C)C. The van der Waals surface area contributed by atoms with Gasteiger partial charge in [0.2, 0.25) is 0 Å². The van der Waals surface area contributed by atoms with Crippen LogP contribution in [0.5, 0.6) is 0 Å². The summed E-state index contributed by atoms with van der Waals surface area (Å²) in [6.07, 6.45) is 3.88. The Hall–Kier alpha value is -2.93. The van der Waals surface area contributed by atoms with E-state index in [1.807, 2.05) is 35.0 Å². The summed E-state index contributed by atoms with van der Waals surface area (Å²) in [6.45, 7) is 10.3. The van der Waals surface area contributed by atoms with E-state index >= 15 is 0 Å². The molecule has 0 unspecified atom stereocenters. The number of nitrogens with zero attached hydrogens (tertiary/aromatic N) is 6. The minimum Gasteiger partial charge on any atom is -0.336 e. The van der Waals surface area contributed by atoms with Gasteiger partial charge in [0.1, 0.15) is 18.9 Å². The van der Waals surface area contributed by atoms with Crippen molar-refractivity contribution >= 4 is 5.65 Å². The average molecular weight is 364 g/mol. The van der Waals surface area contributed by atoms with Crippen LogP contribution in [0.2, 0.25) is 0 Å². The number of rotatable bonds is 6. The van der Waals surface area contributed by atoms with Gasteiger partial charge in [-0.3, -0.25) is 4.40 Å². The summed E-state index contributed by atoms with van der Waals surface area (Å²) in [5, 5.41) is 15.3. The maximum Gasteiger partial charge on any atom is 0.192 e. The third-order valence-electron chi connectivity index (χ3n) is 4.98. The van der Waals surface area contributed by atoms with Gasteiger partial charge in [-0.05, 0) is 45.9 Å². The monoisotopic (exact) mass is 364 g/mol. The molecule has 0 radical (unpaired) electrons. The molecule has 4 heterocycles. The smallest absolute Gasteiger partial charge is 0.192 e. The predicted octanol–water partition coefficient (Wildman–Crippen LogP) is 2.18. The van der Waals surface area contributed by atoms with E-state index in [1.54, 1.807) is 0 Å². The van der Waals surface area contributed by atoms with Crippen LogP contribution >= 0.6 is 0 Å². The Bertz CT molecular complexity index is 1070. The van der Waals surface area contributed by atoms with Crippen LogP contribution in [0.15, 0.2) is 42.7 Å². The van der Waals surface area contributed by atoms with Gasteiger partial charge in [-0.2, -0.15) is 5.10 Å². The molecule has 7 nitrogen and oxygen atoms in total. The van der Waals surface area contributed by atoms with Crippen LogP contribution < -0.4 is 5.32 Å². The van der Waals surface area contributed by atoms with Crippen molar-refractivity contribution < 1.29 is 5.32 Å². The lowest BCUT2D eigenvalue weighted by atomic mass is 10.2. The zero-order valence-corrected chi connectivity index (χ0v) is 16.3. The number of fused-ring (bicyclic) bond motifs is 1. The first-order valence-corrected chi connectivity index (χ1v) is 9.38. The van der Waals surface area contributed by atoms with Gasteiger partial charge < -0.3 is 9.88 Å². The Kier molecular flexibility index (Phi) is 4.53. The van der Waals surface area contributed by atoms with Crippen molar-refractivity contribution in [2.75, 3.05) is 0 Å². The molecule has 0 aliphatic heterocycles. The molecule has 0 saturated carbocycles. The van der Waals surface area contributed by atoms with Crippen molar-refractivity contribution in [3.8, 4) is 5.82 Å². The first kappa shape index (κ1) is 17.5. The molecule has 0 aliphatic carbocycles. The van der Waals surface area contributed by atoms with E-state index in [-0.39, 0.29) is 0 Å². The van der Waals surface area contributed by atoms with Crippen LogP contribution in [0.1, 0.15) is 42.7 Å². The summed E-state index contributed by atoms with van der Waals surface area (Å²) >= 11 is 0. The summed E-state index contributed by atoms with van der Waals surface area (Å²) in [4.78, 5) is 0. The molecule has 0 bridgehead atoms. The fourth-order valence-corrected chi connectivity index (χ4v) is 3.66. The van der Waals surface area contributed by atoms with Crippen LogP contribution in [-0.2, 0) is 13.1 Å². The maximum atomic E-state index is 4.48. The molecule has 0 saturated heterocycles. The molecule has 4 aromatic heterocycles. The van der Waals surface area contributed by atoms with Gasteiger partial charge in [0.15, 0.2) is 11.5 Å². The van der Waals surface area contributed by atoms with E-state index in [4.69, 9.17) is 0 Å². The van der Waals surface area contributed by atoms with E-state index < -0.39 is 0 Å². The van der Waals surface area contributed by atoms with Crippen LogP contribution in [0, 0.1) is 13.8 Å². The summed E-state index contributed by atoms with van der Waals surface area (Å²) in [7, 11) is 0. The van der Waals surface area contributed by atoms with Gasteiger partial charge in [0.25, 0.3) is 0 Å². The number of pyridine rings is 1. The molecule has 4 rings (SSSR count). The molecule has 0 spiro atoms. The highest BCUT2D eigenvalue weighted by molar-refractivity contribution is 5.37. The second-order valence-corrected chi connectivity index (χ2v) is 7.20. The second kappa shape index (κ2) is 7.00. The predicted molar refractivity (Wildman–Crippen MR) is 104 cm³/mol. The molecule has 0 atom stereocenters. The van der Waals surface area contributed by atoms with E-state index in [0.717, 1.165) is 30.4 Å².